The molecule has 3 aromatic carbocycles. The molecule has 180 valence electrons. The van der Waals surface area contributed by atoms with Gasteiger partial charge in [0.25, 0.3) is 5.91 Å². The molecule has 7 heteroatoms. The molecule has 0 aliphatic heterocycles. The van der Waals surface area contributed by atoms with E-state index in [4.69, 9.17) is 4.98 Å². The van der Waals surface area contributed by atoms with Gasteiger partial charge in [-0.3, -0.25) is 9.78 Å². The summed E-state index contributed by atoms with van der Waals surface area (Å²) < 4.78 is 16.2. The summed E-state index contributed by atoms with van der Waals surface area (Å²) in [5, 5.41) is 3.84. The van der Waals surface area contributed by atoms with Crippen molar-refractivity contribution >= 4 is 28.7 Å². The Balaban J connectivity index is 1.33. The summed E-state index contributed by atoms with van der Waals surface area (Å²) in [6.07, 6.45) is 3.51. The van der Waals surface area contributed by atoms with Crippen LogP contribution in [0.1, 0.15) is 40.0 Å². The quantitative estimate of drug-likeness (QED) is 0.253. The molecule has 0 saturated carbocycles. The second-order valence-corrected chi connectivity index (χ2v) is 9.47. The lowest BCUT2D eigenvalue weighted by molar-refractivity contribution is 0.0940. The molecule has 0 fully saturated rings. The molecule has 0 aliphatic rings. The number of imidazole rings is 1. The second-order valence-electron chi connectivity index (χ2n) is 8.53. The number of amides is 1. The van der Waals surface area contributed by atoms with Crippen LogP contribution in [0.3, 0.4) is 0 Å². The molecule has 5 aromatic rings. The fourth-order valence-corrected chi connectivity index (χ4v) is 5.02. The molecule has 0 bridgehead atoms. The second kappa shape index (κ2) is 10.7. The van der Waals surface area contributed by atoms with Crippen LogP contribution in [0.4, 0.5) is 4.39 Å². The van der Waals surface area contributed by atoms with Crippen LogP contribution in [0, 0.1) is 5.82 Å². The monoisotopic (exact) mass is 496 g/mol. The van der Waals surface area contributed by atoms with Crippen molar-refractivity contribution in [2.45, 2.75) is 30.4 Å². The molecule has 0 aliphatic carbocycles. The summed E-state index contributed by atoms with van der Waals surface area (Å²) >= 11 is 1.49. The summed E-state index contributed by atoms with van der Waals surface area (Å²) in [5.41, 5.74) is 5.08. The lowest BCUT2D eigenvalue weighted by Gasteiger charge is -2.14. The highest BCUT2D eigenvalue weighted by Gasteiger charge is 2.15. The third-order valence-electron chi connectivity index (χ3n) is 6.03. The van der Waals surface area contributed by atoms with Gasteiger partial charge in [0.15, 0.2) is 5.16 Å². The van der Waals surface area contributed by atoms with Crippen LogP contribution in [0.15, 0.2) is 102 Å². The minimum Gasteiger partial charge on any atom is -0.346 e. The van der Waals surface area contributed by atoms with Crippen LogP contribution in [0.25, 0.3) is 11.0 Å². The van der Waals surface area contributed by atoms with Crippen LogP contribution in [-0.2, 0) is 12.3 Å². The zero-order valence-corrected chi connectivity index (χ0v) is 20.6. The number of rotatable bonds is 8. The Morgan fingerprint density at radius 1 is 1.00 bits per heavy atom. The average Bonchev–Trinajstić information content (AvgIpc) is 3.26. The molecular formula is C29H25FN4OS. The number of nitrogens with one attached hydrogen (secondary N) is 1. The number of aromatic nitrogens is 3. The number of fused-ring (bicyclic) bond motifs is 1. The number of carbonyl (C=O) groups is 1. The molecule has 2 heterocycles. The van der Waals surface area contributed by atoms with E-state index in [2.05, 4.69) is 14.9 Å². The van der Waals surface area contributed by atoms with Crippen LogP contribution >= 0.6 is 11.8 Å². The fourth-order valence-electron chi connectivity index (χ4n) is 4.02. The molecule has 0 radical (unpaired) electrons. The number of hydrogen-bond donors (Lipinski definition) is 1. The molecule has 1 amide bonds. The first-order chi connectivity index (χ1) is 17.6. The number of thioether (sulfide) groups is 1. The van der Waals surface area contributed by atoms with E-state index in [1.807, 2.05) is 73.7 Å². The Bertz CT molecular complexity index is 1480. The van der Waals surface area contributed by atoms with E-state index in [9.17, 15) is 9.18 Å². The minimum atomic E-state index is -0.218. The molecule has 36 heavy (non-hydrogen) atoms. The van der Waals surface area contributed by atoms with Gasteiger partial charge in [0.2, 0.25) is 0 Å². The van der Waals surface area contributed by atoms with E-state index in [0.29, 0.717) is 23.4 Å². The van der Waals surface area contributed by atoms with Crippen molar-refractivity contribution in [3.63, 3.8) is 0 Å². The number of halogens is 1. The van der Waals surface area contributed by atoms with Crippen LogP contribution in [-0.4, -0.2) is 20.4 Å². The zero-order valence-electron chi connectivity index (χ0n) is 19.8. The van der Waals surface area contributed by atoms with E-state index in [1.165, 1.54) is 17.8 Å². The first-order valence-corrected chi connectivity index (χ1v) is 12.7. The summed E-state index contributed by atoms with van der Waals surface area (Å²) in [6.45, 7) is 2.53. The molecule has 0 spiro atoms. The molecule has 5 rings (SSSR count). The summed E-state index contributed by atoms with van der Waals surface area (Å²) in [6, 6.07) is 26.1. The highest BCUT2D eigenvalue weighted by molar-refractivity contribution is 7.98. The van der Waals surface area contributed by atoms with Gasteiger partial charge in [0.1, 0.15) is 5.82 Å². The highest BCUT2D eigenvalue weighted by Crippen LogP contribution is 2.28. The first kappa shape index (κ1) is 23.8. The van der Waals surface area contributed by atoms with E-state index in [1.54, 1.807) is 24.5 Å². The summed E-state index contributed by atoms with van der Waals surface area (Å²) in [5.74, 6) is 0.142. The van der Waals surface area contributed by atoms with Gasteiger partial charge in [-0.15, -0.1) is 0 Å². The Kier molecular flexibility index (Phi) is 7.09. The smallest absolute Gasteiger partial charge is 0.251 e. The normalized spacial score (nSPS) is 11.9. The highest BCUT2D eigenvalue weighted by atomic mass is 32.2. The number of benzene rings is 3. The third-order valence-corrected chi connectivity index (χ3v) is 7.06. The van der Waals surface area contributed by atoms with E-state index in [0.717, 1.165) is 27.3 Å². The average molecular weight is 497 g/mol. The number of pyridine rings is 1. The molecule has 1 atom stereocenters. The number of hydrogen-bond acceptors (Lipinski definition) is 4. The van der Waals surface area contributed by atoms with Crippen molar-refractivity contribution in [3.05, 3.63) is 125 Å². The summed E-state index contributed by atoms with van der Waals surface area (Å²) in [7, 11) is 0. The third kappa shape index (κ3) is 5.31. The fraction of sp³-hybridized carbons (Fsp3) is 0.138. The zero-order chi connectivity index (χ0) is 24.9. The van der Waals surface area contributed by atoms with Crippen LogP contribution < -0.4 is 5.32 Å². The van der Waals surface area contributed by atoms with Gasteiger partial charge in [-0.25, -0.2) is 9.37 Å². The van der Waals surface area contributed by atoms with Gasteiger partial charge in [-0.05, 0) is 47.9 Å². The van der Waals surface area contributed by atoms with Crippen molar-refractivity contribution in [2.75, 3.05) is 0 Å². The van der Waals surface area contributed by atoms with Gasteiger partial charge >= 0.3 is 0 Å². The van der Waals surface area contributed by atoms with Gasteiger partial charge < -0.3 is 9.88 Å². The minimum absolute atomic E-state index is 0.0859. The maximum absolute atomic E-state index is 14.1. The maximum Gasteiger partial charge on any atom is 0.251 e. The lowest BCUT2D eigenvalue weighted by atomic mass is 10.1. The van der Waals surface area contributed by atoms with Crippen molar-refractivity contribution in [1.29, 1.82) is 0 Å². The lowest BCUT2D eigenvalue weighted by Crippen LogP contribution is -2.26. The largest absolute Gasteiger partial charge is 0.346 e. The topological polar surface area (TPSA) is 59.8 Å². The molecule has 0 unspecified atom stereocenters. The number of carbonyl (C=O) groups excluding carboxylic acids is 1. The van der Waals surface area contributed by atoms with Crippen molar-refractivity contribution < 1.29 is 9.18 Å². The predicted octanol–water partition coefficient (Wildman–Crippen LogP) is 6.40. The van der Waals surface area contributed by atoms with Crippen molar-refractivity contribution in [2.24, 2.45) is 0 Å². The Morgan fingerprint density at radius 2 is 1.75 bits per heavy atom. The van der Waals surface area contributed by atoms with Crippen LogP contribution in [0.2, 0.25) is 0 Å². The Labute approximate surface area is 213 Å². The molecule has 2 aromatic heterocycles. The Hall–Kier alpha value is -3.97. The van der Waals surface area contributed by atoms with Gasteiger partial charge in [-0.2, -0.15) is 0 Å². The first-order valence-electron chi connectivity index (χ1n) is 11.7. The van der Waals surface area contributed by atoms with Crippen LogP contribution in [0.5, 0.6) is 0 Å². The molecular weight excluding hydrogens is 471 g/mol. The van der Waals surface area contributed by atoms with Crippen molar-refractivity contribution in [1.82, 2.24) is 19.9 Å². The molecule has 1 N–H and O–H groups in total. The molecule has 5 nitrogen and oxygen atoms in total. The SMILES string of the molecule is C[C@@H](NC(=O)c1ccc(Cn2c(SCc3ccccc3F)nc3ccncc32)cc1)c1ccccc1. The van der Waals surface area contributed by atoms with Crippen molar-refractivity contribution in [3.8, 4) is 0 Å². The standard InChI is InChI=1S/C29H25FN4OS/c1-20(22-7-3-2-4-8-22)32-28(35)23-13-11-21(12-14-23)18-34-27-17-31-16-15-26(27)33-29(34)36-19-24-9-5-6-10-25(24)30/h2-17,20H,18-19H2,1H3,(H,32,35)/t20-/m1/s1. The van der Waals surface area contributed by atoms with E-state index >= 15 is 0 Å². The molecule has 0 saturated heterocycles. The van der Waals surface area contributed by atoms with Gasteiger partial charge in [-0.1, -0.05) is 72.4 Å². The van der Waals surface area contributed by atoms with Gasteiger partial charge in [0.05, 0.1) is 29.8 Å². The number of nitrogens with zero attached hydrogens (tertiary/aromatic N) is 3. The van der Waals surface area contributed by atoms with E-state index in [-0.39, 0.29) is 17.8 Å². The predicted molar refractivity (Wildman–Crippen MR) is 141 cm³/mol. The van der Waals surface area contributed by atoms with Gasteiger partial charge in [0, 0.05) is 17.5 Å². The summed E-state index contributed by atoms with van der Waals surface area (Å²) in [4.78, 5) is 21.8. The maximum atomic E-state index is 14.1. The Morgan fingerprint density at radius 3 is 2.53 bits per heavy atom. The van der Waals surface area contributed by atoms with E-state index < -0.39 is 0 Å².